The largest absolute Gasteiger partial charge is 0.490 e. The molecule has 1 amide bonds. The van der Waals surface area contributed by atoms with Crippen LogP contribution in [-0.4, -0.2) is 25.7 Å². The lowest BCUT2D eigenvalue weighted by atomic mass is 10.2. The van der Waals surface area contributed by atoms with Crippen molar-refractivity contribution in [1.29, 1.82) is 0 Å². The summed E-state index contributed by atoms with van der Waals surface area (Å²) in [6, 6.07) is 23.9. The van der Waals surface area contributed by atoms with Crippen LogP contribution in [0.25, 0.3) is 0 Å². The van der Waals surface area contributed by atoms with E-state index in [1.807, 2.05) is 55.5 Å². The second kappa shape index (κ2) is 10.7. The first-order valence-corrected chi connectivity index (χ1v) is 9.70. The van der Waals surface area contributed by atoms with Gasteiger partial charge in [-0.05, 0) is 61.0 Å². The van der Waals surface area contributed by atoms with Crippen molar-refractivity contribution in [3.63, 3.8) is 0 Å². The normalized spacial score (nSPS) is 10.2. The first kappa shape index (κ1) is 21.0. The van der Waals surface area contributed by atoms with Crippen LogP contribution in [0.4, 0.5) is 5.69 Å². The fraction of sp³-hybridized carbons (Fsp3) is 0.160. The molecule has 0 aliphatic heterocycles. The molecule has 0 aliphatic rings. The van der Waals surface area contributed by atoms with Crippen LogP contribution in [0.3, 0.4) is 0 Å². The standard InChI is InChI=1S/C25H25NO4/c1-19(2)18-30-24-11-7-6-10-23(24)25(27)26-20-12-14-22(15-13-20)29-17-16-28-21-8-4-3-5-9-21/h3-15H,1,16-18H2,2H3,(H,26,27). The molecule has 0 unspecified atom stereocenters. The molecule has 30 heavy (non-hydrogen) atoms. The highest BCUT2D eigenvalue weighted by Crippen LogP contribution is 2.21. The molecule has 0 radical (unpaired) electrons. The second-order valence-electron chi connectivity index (χ2n) is 6.73. The Balaban J connectivity index is 1.50. The lowest BCUT2D eigenvalue weighted by molar-refractivity contribution is 0.102. The van der Waals surface area contributed by atoms with E-state index >= 15 is 0 Å². The van der Waals surface area contributed by atoms with Gasteiger partial charge in [0.2, 0.25) is 0 Å². The summed E-state index contributed by atoms with van der Waals surface area (Å²) in [4.78, 5) is 12.6. The quantitative estimate of drug-likeness (QED) is 0.366. The number of nitrogens with one attached hydrogen (secondary N) is 1. The maximum absolute atomic E-state index is 12.6. The van der Waals surface area contributed by atoms with Crippen molar-refractivity contribution in [2.45, 2.75) is 6.92 Å². The van der Waals surface area contributed by atoms with E-state index in [-0.39, 0.29) is 5.91 Å². The van der Waals surface area contributed by atoms with E-state index in [9.17, 15) is 4.79 Å². The monoisotopic (exact) mass is 403 g/mol. The minimum atomic E-state index is -0.239. The first-order chi connectivity index (χ1) is 14.6. The minimum Gasteiger partial charge on any atom is -0.490 e. The topological polar surface area (TPSA) is 56.8 Å². The lowest BCUT2D eigenvalue weighted by Crippen LogP contribution is -2.14. The average molecular weight is 403 g/mol. The molecule has 0 aliphatic carbocycles. The van der Waals surface area contributed by atoms with Crippen molar-refractivity contribution in [1.82, 2.24) is 0 Å². The summed E-state index contributed by atoms with van der Waals surface area (Å²) in [5, 5.41) is 2.88. The summed E-state index contributed by atoms with van der Waals surface area (Å²) in [7, 11) is 0. The van der Waals surface area contributed by atoms with E-state index < -0.39 is 0 Å². The van der Waals surface area contributed by atoms with E-state index in [1.165, 1.54) is 0 Å². The Kier molecular flexibility index (Phi) is 7.50. The van der Waals surface area contributed by atoms with Gasteiger partial charge in [-0.3, -0.25) is 4.79 Å². The molecule has 0 aromatic heterocycles. The fourth-order valence-corrected chi connectivity index (χ4v) is 2.65. The molecule has 0 bridgehead atoms. The van der Waals surface area contributed by atoms with Crippen LogP contribution in [0.15, 0.2) is 91.0 Å². The molecule has 0 saturated carbocycles. The van der Waals surface area contributed by atoms with Gasteiger partial charge in [0, 0.05) is 5.69 Å². The third-order valence-corrected chi connectivity index (χ3v) is 4.08. The van der Waals surface area contributed by atoms with E-state index in [4.69, 9.17) is 14.2 Å². The molecule has 1 N–H and O–H groups in total. The van der Waals surface area contributed by atoms with Gasteiger partial charge in [-0.25, -0.2) is 0 Å². The molecule has 5 nitrogen and oxygen atoms in total. The van der Waals surface area contributed by atoms with Gasteiger partial charge in [0.25, 0.3) is 5.91 Å². The molecular weight excluding hydrogens is 378 g/mol. The van der Waals surface area contributed by atoms with Crippen LogP contribution < -0.4 is 19.5 Å². The Morgan fingerprint density at radius 2 is 1.40 bits per heavy atom. The van der Waals surface area contributed by atoms with Crippen molar-refractivity contribution < 1.29 is 19.0 Å². The van der Waals surface area contributed by atoms with E-state index in [0.717, 1.165) is 11.3 Å². The highest BCUT2D eigenvalue weighted by atomic mass is 16.5. The zero-order valence-corrected chi connectivity index (χ0v) is 17.0. The van der Waals surface area contributed by atoms with Gasteiger partial charge < -0.3 is 19.5 Å². The van der Waals surface area contributed by atoms with Crippen LogP contribution >= 0.6 is 0 Å². The van der Waals surface area contributed by atoms with Gasteiger partial charge in [0.1, 0.15) is 37.1 Å². The Bertz CT molecular complexity index is 968. The number of hydrogen-bond acceptors (Lipinski definition) is 4. The third-order valence-electron chi connectivity index (χ3n) is 4.08. The van der Waals surface area contributed by atoms with Crippen LogP contribution in [-0.2, 0) is 0 Å². The molecule has 5 heteroatoms. The van der Waals surface area contributed by atoms with E-state index in [0.29, 0.717) is 42.6 Å². The van der Waals surface area contributed by atoms with Gasteiger partial charge in [0.05, 0.1) is 5.56 Å². The summed E-state index contributed by atoms with van der Waals surface area (Å²) in [5.74, 6) is 1.80. The van der Waals surface area contributed by atoms with E-state index in [2.05, 4.69) is 11.9 Å². The zero-order valence-electron chi connectivity index (χ0n) is 17.0. The summed E-state index contributed by atoms with van der Waals surface area (Å²) in [6.07, 6.45) is 0. The molecule has 3 aromatic carbocycles. The fourth-order valence-electron chi connectivity index (χ4n) is 2.65. The molecule has 0 spiro atoms. The van der Waals surface area contributed by atoms with Crippen molar-refractivity contribution >= 4 is 11.6 Å². The van der Waals surface area contributed by atoms with Gasteiger partial charge in [-0.2, -0.15) is 0 Å². The zero-order chi connectivity index (χ0) is 21.2. The molecule has 3 aromatic rings. The Morgan fingerprint density at radius 1 is 0.800 bits per heavy atom. The molecule has 3 rings (SSSR count). The summed E-state index contributed by atoms with van der Waals surface area (Å²) in [5.41, 5.74) is 2.02. The van der Waals surface area contributed by atoms with Crippen molar-refractivity contribution in [2.24, 2.45) is 0 Å². The first-order valence-electron chi connectivity index (χ1n) is 9.70. The number of carbonyl (C=O) groups excluding carboxylic acids is 1. The maximum atomic E-state index is 12.6. The van der Waals surface area contributed by atoms with Gasteiger partial charge in [0.15, 0.2) is 0 Å². The highest BCUT2D eigenvalue weighted by Gasteiger charge is 2.12. The van der Waals surface area contributed by atoms with Crippen LogP contribution in [0.2, 0.25) is 0 Å². The summed E-state index contributed by atoms with van der Waals surface area (Å²) < 4.78 is 17.0. The molecule has 0 saturated heterocycles. The third kappa shape index (κ3) is 6.41. The predicted octanol–water partition coefficient (Wildman–Crippen LogP) is 5.35. The summed E-state index contributed by atoms with van der Waals surface area (Å²) in [6.45, 7) is 6.93. The van der Waals surface area contributed by atoms with Crippen molar-refractivity contribution in [2.75, 3.05) is 25.1 Å². The summed E-state index contributed by atoms with van der Waals surface area (Å²) >= 11 is 0. The number of rotatable bonds is 10. The number of hydrogen-bond donors (Lipinski definition) is 1. The van der Waals surface area contributed by atoms with E-state index in [1.54, 1.807) is 30.3 Å². The molecular formula is C25H25NO4. The highest BCUT2D eigenvalue weighted by molar-refractivity contribution is 6.06. The van der Waals surface area contributed by atoms with Gasteiger partial charge >= 0.3 is 0 Å². The molecule has 0 atom stereocenters. The second-order valence-corrected chi connectivity index (χ2v) is 6.73. The SMILES string of the molecule is C=C(C)COc1ccccc1C(=O)Nc1ccc(OCCOc2ccccc2)cc1. The van der Waals surface area contributed by atoms with Crippen LogP contribution in [0, 0.1) is 0 Å². The average Bonchev–Trinajstić information content (AvgIpc) is 2.77. The van der Waals surface area contributed by atoms with Crippen molar-refractivity contribution in [3.05, 3.63) is 96.6 Å². The molecule has 154 valence electrons. The van der Waals surface area contributed by atoms with Gasteiger partial charge in [-0.15, -0.1) is 0 Å². The van der Waals surface area contributed by atoms with Crippen molar-refractivity contribution in [3.8, 4) is 17.2 Å². The number of benzene rings is 3. The number of para-hydroxylation sites is 2. The number of ether oxygens (including phenoxy) is 3. The lowest BCUT2D eigenvalue weighted by Gasteiger charge is -2.12. The number of anilines is 1. The minimum absolute atomic E-state index is 0.239. The Labute approximate surface area is 176 Å². The Morgan fingerprint density at radius 3 is 2.07 bits per heavy atom. The van der Waals surface area contributed by atoms with Gasteiger partial charge in [-0.1, -0.05) is 36.9 Å². The molecule has 0 fully saturated rings. The Hall–Kier alpha value is -3.73. The molecule has 0 heterocycles. The predicted molar refractivity (Wildman–Crippen MR) is 119 cm³/mol. The number of carbonyl (C=O) groups is 1. The van der Waals surface area contributed by atoms with Crippen LogP contribution in [0.1, 0.15) is 17.3 Å². The smallest absolute Gasteiger partial charge is 0.259 e. The number of amides is 1. The maximum Gasteiger partial charge on any atom is 0.259 e. The van der Waals surface area contributed by atoms with Crippen LogP contribution in [0.5, 0.6) is 17.2 Å².